The SMILES string of the molecule is COC(=O)c1cccc(Cn2c(C(=O)Nc3nc(-c4cc(OC)c(C)cc4OC)c(CCC4CCCCC4)s3)cc3cc(C)cc(C)c32)c1. The number of carbonyl (C=O) groups excluding carboxylic acids is 2. The van der Waals surface area contributed by atoms with E-state index in [1.807, 2.05) is 47.9 Å². The highest BCUT2D eigenvalue weighted by atomic mass is 32.1. The number of aromatic nitrogens is 2. The van der Waals surface area contributed by atoms with Crippen molar-refractivity contribution in [2.45, 2.75) is 72.3 Å². The number of anilines is 1. The molecule has 1 aliphatic rings. The number of rotatable bonds is 11. The zero-order valence-corrected chi connectivity index (χ0v) is 30.1. The summed E-state index contributed by atoms with van der Waals surface area (Å²) >= 11 is 1.53. The molecule has 6 rings (SSSR count). The minimum Gasteiger partial charge on any atom is -0.496 e. The van der Waals surface area contributed by atoms with Crippen LogP contribution < -0.4 is 14.8 Å². The first kappa shape index (κ1) is 34.2. The van der Waals surface area contributed by atoms with Crippen molar-refractivity contribution < 1.29 is 23.8 Å². The normalized spacial score (nSPS) is 13.4. The molecule has 5 aromatic rings. The molecule has 0 unspecified atom stereocenters. The smallest absolute Gasteiger partial charge is 0.337 e. The first-order valence-corrected chi connectivity index (χ1v) is 17.8. The minimum atomic E-state index is -0.398. The second-order valence-electron chi connectivity index (χ2n) is 13.1. The van der Waals surface area contributed by atoms with Gasteiger partial charge in [-0.05, 0) is 92.6 Å². The predicted octanol–water partition coefficient (Wildman–Crippen LogP) is 9.31. The number of nitrogens with one attached hydrogen (secondary N) is 1. The van der Waals surface area contributed by atoms with Gasteiger partial charge in [0.2, 0.25) is 0 Å². The first-order valence-electron chi connectivity index (χ1n) is 17.0. The highest BCUT2D eigenvalue weighted by Crippen LogP contribution is 2.41. The monoisotopic (exact) mass is 679 g/mol. The van der Waals surface area contributed by atoms with Gasteiger partial charge in [0.1, 0.15) is 17.2 Å². The number of ether oxygens (including phenoxy) is 3. The van der Waals surface area contributed by atoms with E-state index in [1.54, 1.807) is 20.3 Å². The van der Waals surface area contributed by atoms with Crippen molar-refractivity contribution in [3.05, 3.63) is 93.0 Å². The van der Waals surface area contributed by atoms with E-state index in [1.165, 1.54) is 50.6 Å². The van der Waals surface area contributed by atoms with E-state index in [-0.39, 0.29) is 5.91 Å². The number of benzene rings is 3. The Kier molecular flexibility index (Phi) is 10.4. The Balaban J connectivity index is 1.38. The molecule has 1 aliphatic carbocycles. The number of hydrogen-bond acceptors (Lipinski definition) is 7. The van der Waals surface area contributed by atoms with Gasteiger partial charge in [0.25, 0.3) is 5.91 Å². The molecule has 0 radical (unpaired) electrons. The summed E-state index contributed by atoms with van der Waals surface area (Å²) in [6, 6.07) is 17.5. The maximum Gasteiger partial charge on any atom is 0.337 e. The van der Waals surface area contributed by atoms with Gasteiger partial charge in [0, 0.05) is 22.4 Å². The van der Waals surface area contributed by atoms with Gasteiger partial charge in [-0.2, -0.15) is 0 Å². The average Bonchev–Trinajstić information content (AvgIpc) is 3.68. The Bertz CT molecular complexity index is 2000. The maximum atomic E-state index is 14.3. The topological polar surface area (TPSA) is 91.7 Å². The Morgan fingerprint density at radius 3 is 2.43 bits per heavy atom. The molecule has 49 heavy (non-hydrogen) atoms. The number of carbonyl (C=O) groups is 2. The van der Waals surface area contributed by atoms with Gasteiger partial charge < -0.3 is 18.8 Å². The second kappa shape index (κ2) is 14.9. The predicted molar refractivity (Wildman–Crippen MR) is 197 cm³/mol. The van der Waals surface area contributed by atoms with Crippen molar-refractivity contribution >= 4 is 39.2 Å². The average molecular weight is 680 g/mol. The summed E-state index contributed by atoms with van der Waals surface area (Å²) < 4.78 is 18.5. The third-order valence-electron chi connectivity index (χ3n) is 9.64. The molecule has 0 saturated heterocycles. The van der Waals surface area contributed by atoms with Gasteiger partial charge in [0.15, 0.2) is 5.13 Å². The van der Waals surface area contributed by atoms with Gasteiger partial charge in [-0.15, -0.1) is 11.3 Å². The van der Waals surface area contributed by atoms with Crippen LogP contribution in [0.15, 0.2) is 54.6 Å². The summed E-state index contributed by atoms with van der Waals surface area (Å²) in [7, 11) is 4.72. The fourth-order valence-corrected chi connectivity index (χ4v) is 8.25. The van der Waals surface area contributed by atoms with E-state index in [2.05, 4.69) is 31.3 Å². The highest BCUT2D eigenvalue weighted by Gasteiger charge is 2.24. The van der Waals surface area contributed by atoms with Crippen molar-refractivity contribution in [1.29, 1.82) is 0 Å². The number of esters is 1. The van der Waals surface area contributed by atoms with Crippen molar-refractivity contribution in [2.75, 3.05) is 26.6 Å². The van der Waals surface area contributed by atoms with E-state index in [9.17, 15) is 9.59 Å². The molecule has 2 aromatic heterocycles. The van der Waals surface area contributed by atoms with Crippen LogP contribution in [0.25, 0.3) is 22.2 Å². The summed E-state index contributed by atoms with van der Waals surface area (Å²) in [5.74, 6) is 1.55. The van der Waals surface area contributed by atoms with E-state index in [0.717, 1.165) is 73.6 Å². The van der Waals surface area contributed by atoms with Crippen LogP contribution in [0.5, 0.6) is 11.5 Å². The number of methoxy groups -OCH3 is 3. The minimum absolute atomic E-state index is 0.245. The highest BCUT2D eigenvalue weighted by molar-refractivity contribution is 7.16. The van der Waals surface area contributed by atoms with Gasteiger partial charge in [-0.3, -0.25) is 10.1 Å². The molecule has 1 fully saturated rings. The van der Waals surface area contributed by atoms with Crippen molar-refractivity contribution in [3.63, 3.8) is 0 Å². The van der Waals surface area contributed by atoms with Crippen LogP contribution in [0.4, 0.5) is 5.13 Å². The summed E-state index contributed by atoms with van der Waals surface area (Å²) in [5.41, 5.74) is 7.68. The first-order chi connectivity index (χ1) is 23.7. The fourth-order valence-electron chi connectivity index (χ4n) is 7.26. The van der Waals surface area contributed by atoms with Crippen LogP contribution in [0, 0.1) is 26.7 Å². The molecule has 1 saturated carbocycles. The largest absolute Gasteiger partial charge is 0.496 e. The molecule has 9 heteroatoms. The molecular formula is C40H45N3O5S. The lowest BCUT2D eigenvalue weighted by Gasteiger charge is -2.21. The van der Waals surface area contributed by atoms with Gasteiger partial charge in [0.05, 0.1) is 38.1 Å². The third-order valence-corrected chi connectivity index (χ3v) is 10.7. The van der Waals surface area contributed by atoms with Crippen molar-refractivity contribution in [2.24, 2.45) is 5.92 Å². The molecule has 3 aromatic carbocycles. The Morgan fingerprint density at radius 1 is 0.918 bits per heavy atom. The number of fused-ring (bicyclic) bond motifs is 1. The number of aryl methyl sites for hydroxylation is 4. The number of amides is 1. The summed E-state index contributed by atoms with van der Waals surface area (Å²) in [6.07, 6.45) is 8.42. The van der Waals surface area contributed by atoms with Gasteiger partial charge >= 0.3 is 5.97 Å². The van der Waals surface area contributed by atoms with Crippen LogP contribution in [0.1, 0.15) is 86.5 Å². The lowest BCUT2D eigenvalue weighted by atomic mass is 9.86. The molecule has 0 spiro atoms. The van der Waals surface area contributed by atoms with Crippen LogP contribution in [-0.2, 0) is 17.7 Å². The molecule has 0 atom stereocenters. The number of thiazole rings is 1. The second-order valence-corrected chi connectivity index (χ2v) is 14.2. The molecule has 0 bridgehead atoms. The Hall–Kier alpha value is -4.63. The summed E-state index contributed by atoms with van der Waals surface area (Å²) in [5, 5.41) is 4.69. The molecule has 2 heterocycles. The standard InChI is InChI=1S/C40H45N3O5S/c1-24-17-26(3)37-30(18-24)21-32(43(37)23-28-13-10-14-29(20-28)39(45)48-6)38(44)42-40-41-36(31-22-33(46-4)25(2)19-34(31)47-5)35(49-40)16-15-27-11-8-7-9-12-27/h10,13-14,17-22,27H,7-9,11-12,15-16,23H2,1-6H3,(H,41,42,44). The molecule has 256 valence electrons. The quantitative estimate of drug-likeness (QED) is 0.140. The molecule has 0 aliphatic heterocycles. The Labute approximate surface area is 292 Å². The maximum absolute atomic E-state index is 14.3. The van der Waals surface area contributed by atoms with Crippen molar-refractivity contribution in [3.8, 4) is 22.8 Å². The van der Waals surface area contributed by atoms with Crippen molar-refractivity contribution in [1.82, 2.24) is 9.55 Å². The van der Waals surface area contributed by atoms with E-state index in [0.29, 0.717) is 28.9 Å². The van der Waals surface area contributed by atoms with Crippen LogP contribution in [0.3, 0.4) is 0 Å². The summed E-state index contributed by atoms with van der Waals surface area (Å²) in [6.45, 7) is 6.52. The zero-order chi connectivity index (χ0) is 34.7. The molecular weight excluding hydrogens is 635 g/mol. The van der Waals surface area contributed by atoms with Crippen LogP contribution >= 0.6 is 11.3 Å². The van der Waals surface area contributed by atoms with Crippen LogP contribution in [0.2, 0.25) is 0 Å². The fraction of sp³-hybridized carbons (Fsp3) is 0.375. The number of hydrogen-bond donors (Lipinski definition) is 1. The van der Waals surface area contributed by atoms with Crippen LogP contribution in [-0.4, -0.2) is 42.8 Å². The zero-order valence-electron chi connectivity index (χ0n) is 29.3. The number of nitrogens with zero attached hydrogens (tertiary/aromatic N) is 2. The lowest BCUT2D eigenvalue weighted by Crippen LogP contribution is -2.18. The van der Waals surface area contributed by atoms with E-state index in [4.69, 9.17) is 19.2 Å². The lowest BCUT2D eigenvalue weighted by molar-refractivity contribution is 0.0600. The summed E-state index contributed by atoms with van der Waals surface area (Å²) in [4.78, 5) is 32.7. The van der Waals surface area contributed by atoms with Gasteiger partial charge in [-0.1, -0.05) is 55.9 Å². The molecule has 1 N–H and O–H groups in total. The third kappa shape index (κ3) is 7.37. The Morgan fingerprint density at radius 2 is 1.69 bits per heavy atom. The van der Waals surface area contributed by atoms with Gasteiger partial charge in [-0.25, -0.2) is 9.78 Å². The van der Waals surface area contributed by atoms with E-state index < -0.39 is 5.97 Å². The van der Waals surface area contributed by atoms with E-state index >= 15 is 0 Å². The molecule has 8 nitrogen and oxygen atoms in total. The molecule has 1 amide bonds.